The van der Waals surface area contributed by atoms with Crippen LogP contribution in [0, 0.1) is 17.1 Å². The number of anilines is 1. The topological polar surface area (TPSA) is 44.9 Å². The highest BCUT2D eigenvalue weighted by atomic mass is 19.1. The number of rotatable bonds is 3. The number of imidazole rings is 1. The molecule has 1 aliphatic rings. The summed E-state index contributed by atoms with van der Waals surface area (Å²) in [7, 11) is 0. The summed E-state index contributed by atoms with van der Waals surface area (Å²) in [6.07, 6.45) is 6.93. The number of aromatic nitrogens is 2. The van der Waals surface area contributed by atoms with Crippen molar-refractivity contribution in [3.05, 3.63) is 47.8 Å². The number of hydrogen-bond donors (Lipinski definition) is 0. The maximum absolute atomic E-state index is 13.3. The van der Waals surface area contributed by atoms with E-state index in [0.717, 1.165) is 43.9 Å². The largest absolute Gasteiger partial charge is 0.368 e. The van der Waals surface area contributed by atoms with Crippen LogP contribution in [-0.4, -0.2) is 22.6 Å². The van der Waals surface area contributed by atoms with Crippen molar-refractivity contribution >= 4 is 5.69 Å². The average Bonchev–Trinajstić information content (AvgIpc) is 3.03. The Morgan fingerprint density at radius 2 is 2.32 bits per heavy atom. The van der Waals surface area contributed by atoms with Gasteiger partial charge < -0.3 is 9.47 Å². The lowest BCUT2D eigenvalue weighted by molar-refractivity contribution is 0.396. The monoisotopic (exact) mass is 298 g/mol. The second kappa shape index (κ2) is 6.18. The van der Waals surface area contributed by atoms with Crippen molar-refractivity contribution in [2.45, 2.75) is 32.2 Å². The fraction of sp³-hybridized carbons (Fsp3) is 0.412. The zero-order chi connectivity index (χ0) is 15.5. The van der Waals surface area contributed by atoms with Crippen molar-refractivity contribution in [2.24, 2.45) is 0 Å². The summed E-state index contributed by atoms with van der Waals surface area (Å²) in [6.45, 7) is 3.82. The lowest BCUT2D eigenvalue weighted by Crippen LogP contribution is -2.37. The van der Waals surface area contributed by atoms with E-state index >= 15 is 0 Å². The molecule has 1 fully saturated rings. The SMILES string of the molecule is CCc1nccn1C1CCCN(c2ccc(F)cc2C#N)C1. The molecule has 0 N–H and O–H groups in total. The number of halogens is 1. The van der Waals surface area contributed by atoms with E-state index in [1.165, 1.54) is 12.1 Å². The summed E-state index contributed by atoms with van der Waals surface area (Å²) in [5, 5.41) is 9.25. The first kappa shape index (κ1) is 14.6. The van der Waals surface area contributed by atoms with Crippen LogP contribution in [0.3, 0.4) is 0 Å². The first-order valence-corrected chi connectivity index (χ1v) is 7.69. The fourth-order valence-corrected chi connectivity index (χ4v) is 3.22. The molecule has 0 bridgehead atoms. The van der Waals surface area contributed by atoms with E-state index in [1.54, 1.807) is 6.07 Å². The molecular weight excluding hydrogens is 279 g/mol. The Hall–Kier alpha value is -2.35. The minimum absolute atomic E-state index is 0.350. The number of benzene rings is 1. The molecule has 3 rings (SSSR count). The molecule has 1 aromatic carbocycles. The number of aryl methyl sites for hydroxylation is 1. The highest BCUT2D eigenvalue weighted by Gasteiger charge is 2.24. The number of nitriles is 1. The Bertz CT molecular complexity index is 701. The van der Waals surface area contributed by atoms with Crippen LogP contribution in [0.15, 0.2) is 30.6 Å². The normalized spacial score (nSPS) is 18.2. The molecule has 4 nitrogen and oxygen atoms in total. The molecule has 5 heteroatoms. The summed E-state index contributed by atoms with van der Waals surface area (Å²) in [4.78, 5) is 6.58. The molecule has 0 amide bonds. The van der Waals surface area contributed by atoms with Gasteiger partial charge in [0.05, 0.1) is 17.3 Å². The smallest absolute Gasteiger partial charge is 0.124 e. The average molecular weight is 298 g/mol. The fourth-order valence-electron chi connectivity index (χ4n) is 3.22. The molecule has 1 saturated heterocycles. The Balaban J connectivity index is 1.86. The van der Waals surface area contributed by atoms with Gasteiger partial charge in [-0.15, -0.1) is 0 Å². The molecule has 2 aromatic rings. The molecule has 0 spiro atoms. The molecular formula is C17H19FN4. The Labute approximate surface area is 129 Å². The zero-order valence-corrected chi connectivity index (χ0v) is 12.7. The minimum atomic E-state index is -0.364. The minimum Gasteiger partial charge on any atom is -0.368 e. The van der Waals surface area contributed by atoms with E-state index < -0.39 is 0 Å². The van der Waals surface area contributed by atoms with Crippen LogP contribution in [0.5, 0.6) is 0 Å². The molecule has 114 valence electrons. The lowest BCUT2D eigenvalue weighted by Gasteiger charge is -2.36. The first-order chi connectivity index (χ1) is 10.7. The molecule has 0 aliphatic carbocycles. The second-order valence-electron chi connectivity index (χ2n) is 5.62. The van der Waals surface area contributed by atoms with Crippen LogP contribution in [0.1, 0.15) is 37.2 Å². The number of piperidine rings is 1. The summed E-state index contributed by atoms with van der Waals surface area (Å²) in [6, 6.07) is 6.91. The van der Waals surface area contributed by atoms with Gasteiger partial charge in [0, 0.05) is 31.9 Å². The summed E-state index contributed by atoms with van der Waals surface area (Å²) < 4.78 is 15.6. The third kappa shape index (κ3) is 2.69. The van der Waals surface area contributed by atoms with E-state index in [2.05, 4.69) is 27.4 Å². The van der Waals surface area contributed by atoms with E-state index in [0.29, 0.717) is 11.6 Å². The predicted octanol–water partition coefficient (Wildman–Crippen LogP) is 3.30. The standard InChI is InChI=1S/C17H19FN4/c1-2-17-20-7-9-22(17)15-4-3-8-21(12-15)16-6-5-14(18)10-13(16)11-19/h5-7,9-10,15H,2-4,8,12H2,1H3. The van der Waals surface area contributed by atoms with Gasteiger partial charge in [0.2, 0.25) is 0 Å². The van der Waals surface area contributed by atoms with Crippen molar-refractivity contribution in [2.75, 3.05) is 18.0 Å². The van der Waals surface area contributed by atoms with Gasteiger partial charge in [-0.2, -0.15) is 5.26 Å². The molecule has 2 heterocycles. The van der Waals surface area contributed by atoms with E-state index in [1.807, 2.05) is 12.4 Å². The maximum atomic E-state index is 13.3. The molecule has 1 aromatic heterocycles. The zero-order valence-electron chi connectivity index (χ0n) is 12.7. The van der Waals surface area contributed by atoms with E-state index in [4.69, 9.17) is 0 Å². The quantitative estimate of drug-likeness (QED) is 0.873. The van der Waals surface area contributed by atoms with Crippen LogP contribution in [0.4, 0.5) is 10.1 Å². The Morgan fingerprint density at radius 3 is 3.09 bits per heavy atom. The van der Waals surface area contributed by atoms with Gasteiger partial charge >= 0.3 is 0 Å². The van der Waals surface area contributed by atoms with Crippen LogP contribution in [0.2, 0.25) is 0 Å². The van der Waals surface area contributed by atoms with Crippen molar-refractivity contribution < 1.29 is 4.39 Å². The lowest BCUT2D eigenvalue weighted by atomic mass is 10.0. The third-order valence-corrected chi connectivity index (χ3v) is 4.27. The van der Waals surface area contributed by atoms with Crippen LogP contribution >= 0.6 is 0 Å². The van der Waals surface area contributed by atoms with Crippen molar-refractivity contribution in [3.63, 3.8) is 0 Å². The summed E-state index contributed by atoms with van der Waals surface area (Å²) >= 11 is 0. The molecule has 1 unspecified atom stereocenters. The molecule has 22 heavy (non-hydrogen) atoms. The van der Waals surface area contributed by atoms with Crippen molar-refractivity contribution in [1.29, 1.82) is 5.26 Å². The van der Waals surface area contributed by atoms with Gasteiger partial charge in [0.25, 0.3) is 0 Å². The van der Waals surface area contributed by atoms with E-state index in [-0.39, 0.29) is 5.82 Å². The molecule has 0 radical (unpaired) electrons. The van der Waals surface area contributed by atoms with Gasteiger partial charge in [-0.05, 0) is 31.0 Å². The Morgan fingerprint density at radius 1 is 1.45 bits per heavy atom. The Kier molecular flexibility index (Phi) is 4.10. The number of hydrogen-bond acceptors (Lipinski definition) is 3. The van der Waals surface area contributed by atoms with Gasteiger partial charge in [0.15, 0.2) is 0 Å². The maximum Gasteiger partial charge on any atom is 0.124 e. The van der Waals surface area contributed by atoms with Gasteiger partial charge in [-0.3, -0.25) is 0 Å². The second-order valence-corrected chi connectivity index (χ2v) is 5.62. The third-order valence-electron chi connectivity index (χ3n) is 4.27. The van der Waals surface area contributed by atoms with Crippen molar-refractivity contribution in [1.82, 2.24) is 9.55 Å². The molecule has 1 aliphatic heterocycles. The van der Waals surface area contributed by atoms with Crippen LogP contribution in [0.25, 0.3) is 0 Å². The predicted molar refractivity (Wildman–Crippen MR) is 83.2 cm³/mol. The summed E-state index contributed by atoms with van der Waals surface area (Å²) in [5.74, 6) is 0.725. The van der Waals surface area contributed by atoms with Gasteiger partial charge in [0.1, 0.15) is 17.7 Å². The van der Waals surface area contributed by atoms with Gasteiger partial charge in [-0.1, -0.05) is 6.92 Å². The van der Waals surface area contributed by atoms with Gasteiger partial charge in [-0.25, -0.2) is 9.37 Å². The van der Waals surface area contributed by atoms with Crippen LogP contribution < -0.4 is 4.90 Å². The first-order valence-electron chi connectivity index (χ1n) is 7.69. The summed E-state index contributed by atoms with van der Waals surface area (Å²) in [5.41, 5.74) is 1.23. The van der Waals surface area contributed by atoms with Crippen LogP contribution in [-0.2, 0) is 6.42 Å². The highest BCUT2D eigenvalue weighted by Crippen LogP contribution is 2.29. The van der Waals surface area contributed by atoms with E-state index in [9.17, 15) is 9.65 Å². The molecule has 1 atom stereocenters. The van der Waals surface area contributed by atoms with Crippen molar-refractivity contribution in [3.8, 4) is 6.07 Å². The number of nitrogens with zero attached hydrogens (tertiary/aromatic N) is 4. The molecule has 0 saturated carbocycles. The highest BCUT2D eigenvalue weighted by molar-refractivity contribution is 5.59.